The van der Waals surface area contributed by atoms with Crippen LogP contribution in [0.4, 0.5) is 0 Å². The van der Waals surface area contributed by atoms with Crippen molar-refractivity contribution in [3.63, 3.8) is 0 Å². The molecule has 110 valence electrons. The van der Waals surface area contributed by atoms with Crippen LogP contribution in [0.2, 0.25) is 0 Å². The van der Waals surface area contributed by atoms with Gasteiger partial charge in [0, 0.05) is 17.3 Å². The molecule has 19 heavy (non-hydrogen) atoms. The molecule has 0 heterocycles. The lowest BCUT2D eigenvalue weighted by atomic mass is 9.68. The van der Waals surface area contributed by atoms with E-state index in [0.29, 0.717) is 16.7 Å². The second kappa shape index (κ2) is 6.60. The minimum atomic E-state index is 0.190. The maximum absolute atomic E-state index is 12.4. The monoisotopic (exact) mass is 329 g/mol. The van der Waals surface area contributed by atoms with E-state index in [1.165, 1.54) is 44.9 Å². The van der Waals surface area contributed by atoms with Gasteiger partial charge in [0.1, 0.15) is 0 Å². The molecule has 0 aromatic carbocycles. The zero-order chi connectivity index (χ0) is 13.9. The second-order valence-electron chi connectivity index (χ2n) is 7.15. The molecule has 2 fully saturated rings. The van der Waals surface area contributed by atoms with Crippen LogP contribution in [0.3, 0.4) is 0 Å². The molecule has 1 unspecified atom stereocenters. The van der Waals surface area contributed by atoms with Gasteiger partial charge >= 0.3 is 0 Å². The molecule has 0 aliphatic heterocycles. The quantitative estimate of drug-likeness (QED) is 0.769. The normalized spacial score (nSPS) is 34.8. The van der Waals surface area contributed by atoms with Crippen molar-refractivity contribution in [1.29, 1.82) is 0 Å². The molecular weight excluding hydrogens is 302 g/mol. The molecule has 1 amide bonds. The largest absolute Gasteiger partial charge is 0.356 e. The lowest BCUT2D eigenvalue weighted by molar-refractivity contribution is -0.130. The van der Waals surface area contributed by atoms with Gasteiger partial charge in [-0.2, -0.15) is 0 Å². The Morgan fingerprint density at radius 1 is 1.16 bits per heavy atom. The van der Waals surface area contributed by atoms with Crippen LogP contribution in [-0.2, 0) is 4.79 Å². The Balaban J connectivity index is 1.77. The smallest absolute Gasteiger partial charge is 0.223 e. The molecule has 0 bridgehead atoms. The molecule has 0 saturated heterocycles. The Morgan fingerprint density at radius 3 is 2.47 bits per heavy atom. The number of halogens is 1. The summed E-state index contributed by atoms with van der Waals surface area (Å²) in [4.78, 5) is 13.1. The SMILES string of the molecule is CC1(C)CCCCC1C(=O)NCC1CCC(Br)CC1. The summed E-state index contributed by atoms with van der Waals surface area (Å²) in [7, 11) is 0. The van der Waals surface area contributed by atoms with Crippen molar-refractivity contribution in [3.8, 4) is 0 Å². The minimum absolute atomic E-state index is 0.190. The highest BCUT2D eigenvalue weighted by molar-refractivity contribution is 9.09. The summed E-state index contributed by atoms with van der Waals surface area (Å²) in [6.07, 6.45) is 9.80. The number of hydrogen-bond acceptors (Lipinski definition) is 1. The molecule has 2 nitrogen and oxygen atoms in total. The molecule has 2 aliphatic rings. The molecule has 0 aromatic rings. The fourth-order valence-electron chi connectivity index (χ4n) is 3.67. The number of nitrogens with one attached hydrogen (secondary N) is 1. The van der Waals surface area contributed by atoms with Crippen molar-refractivity contribution in [1.82, 2.24) is 5.32 Å². The molecule has 2 rings (SSSR count). The van der Waals surface area contributed by atoms with Crippen LogP contribution in [0, 0.1) is 17.3 Å². The first-order chi connectivity index (χ1) is 8.99. The van der Waals surface area contributed by atoms with Crippen LogP contribution in [0.25, 0.3) is 0 Å². The highest BCUT2D eigenvalue weighted by atomic mass is 79.9. The maximum Gasteiger partial charge on any atom is 0.223 e. The lowest BCUT2D eigenvalue weighted by Gasteiger charge is -2.38. The first-order valence-electron chi connectivity index (χ1n) is 7.91. The van der Waals surface area contributed by atoms with E-state index >= 15 is 0 Å². The third-order valence-electron chi connectivity index (χ3n) is 5.16. The summed E-state index contributed by atoms with van der Waals surface area (Å²) in [5.41, 5.74) is 0.190. The summed E-state index contributed by atoms with van der Waals surface area (Å²) in [5.74, 6) is 1.24. The van der Waals surface area contributed by atoms with Crippen LogP contribution in [0.5, 0.6) is 0 Å². The fourth-order valence-corrected chi connectivity index (χ4v) is 4.20. The average Bonchev–Trinajstić information content (AvgIpc) is 2.37. The van der Waals surface area contributed by atoms with Gasteiger partial charge in [-0.15, -0.1) is 0 Å². The minimum Gasteiger partial charge on any atom is -0.356 e. The Bertz CT molecular complexity index is 308. The van der Waals surface area contributed by atoms with E-state index in [9.17, 15) is 4.79 Å². The molecule has 0 spiro atoms. The van der Waals surface area contributed by atoms with Crippen molar-refractivity contribution in [3.05, 3.63) is 0 Å². The number of carbonyl (C=O) groups is 1. The van der Waals surface area contributed by atoms with Gasteiger partial charge in [-0.05, 0) is 49.9 Å². The van der Waals surface area contributed by atoms with Gasteiger partial charge in [-0.3, -0.25) is 4.79 Å². The van der Waals surface area contributed by atoms with E-state index in [2.05, 4.69) is 35.1 Å². The second-order valence-corrected chi connectivity index (χ2v) is 8.45. The molecule has 0 radical (unpaired) electrons. The van der Waals surface area contributed by atoms with Crippen LogP contribution in [0.1, 0.15) is 65.2 Å². The Kier molecular flexibility index (Phi) is 5.33. The molecule has 1 atom stereocenters. The molecule has 1 N–H and O–H groups in total. The number of carbonyl (C=O) groups excluding carboxylic acids is 1. The first-order valence-corrected chi connectivity index (χ1v) is 8.82. The maximum atomic E-state index is 12.4. The first kappa shape index (κ1) is 15.3. The topological polar surface area (TPSA) is 29.1 Å². The number of amides is 1. The van der Waals surface area contributed by atoms with Gasteiger partial charge in [-0.1, -0.05) is 42.6 Å². The predicted molar refractivity (Wildman–Crippen MR) is 83.4 cm³/mol. The van der Waals surface area contributed by atoms with E-state index in [4.69, 9.17) is 0 Å². The zero-order valence-corrected chi connectivity index (χ0v) is 14.0. The van der Waals surface area contributed by atoms with Crippen LogP contribution < -0.4 is 5.32 Å². The van der Waals surface area contributed by atoms with E-state index in [1.54, 1.807) is 0 Å². The molecule has 2 aliphatic carbocycles. The van der Waals surface area contributed by atoms with Crippen LogP contribution in [0.15, 0.2) is 0 Å². The van der Waals surface area contributed by atoms with E-state index in [0.717, 1.165) is 13.0 Å². The highest BCUT2D eigenvalue weighted by Gasteiger charge is 2.37. The zero-order valence-electron chi connectivity index (χ0n) is 12.4. The van der Waals surface area contributed by atoms with Gasteiger partial charge in [0.25, 0.3) is 0 Å². The van der Waals surface area contributed by atoms with Gasteiger partial charge in [0.05, 0.1) is 0 Å². The van der Waals surface area contributed by atoms with Crippen molar-refractivity contribution < 1.29 is 4.79 Å². The van der Waals surface area contributed by atoms with Crippen LogP contribution in [-0.4, -0.2) is 17.3 Å². The summed E-state index contributed by atoms with van der Waals surface area (Å²) in [6.45, 7) is 5.41. The number of hydrogen-bond donors (Lipinski definition) is 1. The fraction of sp³-hybridized carbons (Fsp3) is 0.938. The van der Waals surface area contributed by atoms with E-state index in [1.807, 2.05) is 0 Å². The van der Waals surface area contributed by atoms with Gasteiger partial charge in [-0.25, -0.2) is 0 Å². The number of rotatable bonds is 3. The lowest BCUT2D eigenvalue weighted by Crippen LogP contribution is -2.42. The molecule has 2 saturated carbocycles. The standard InChI is InChI=1S/C16H28BrNO/c1-16(2)10-4-3-5-14(16)15(19)18-11-12-6-8-13(17)9-7-12/h12-14H,3-11H2,1-2H3,(H,18,19). The molecule has 3 heteroatoms. The Hall–Kier alpha value is -0.0500. The van der Waals surface area contributed by atoms with Crippen molar-refractivity contribution in [2.45, 2.75) is 70.0 Å². The van der Waals surface area contributed by atoms with Crippen molar-refractivity contribution in [2.75, 3.05) is 6.54 Å². The predicted octanol–water partition coefficient (Wildman–Crippen LogP) is 4.27. The van der Waals surface area contributed by atoms with Gasteiger partial charge < -0.3 is 5.32 Å². The van der Waals surface area contributed by atoms with Crippen molar-refractivity contribution in [2.24, 2.45) is 17.3 Å². The molecular formula is C16H28BrNO. The summed E-state index contributed by atoms with van der Waals surface area (Å²) in [6, 6.07) is 0. The van der Waals surface area contributed by atoms with E-state index < -0.39 is 0 Å². The summed E-state index contributed by atoms with van der Waals surface area (Å²) >= 11 is 3.69. The van der Waals surface area contributed by atoms with E-state index in [-0.39, 0.29) is 11.3 Å². The molecule has 0 aromatic heterocycles. The van der Waals surface area contributed by atoms with Crippen molar-refractivity contribution >= 4 is 21.8 Å². The van der Waals surface area contributed by atoms with Crippen LogP contribution >= 0.6 is 15.9 Å². The van der Waals surface area contributed by atoms with Gasteiger partial charge in [0.15, 0.2) is 0 Å². The average molecular weight is 330 g/mol. The Labute approximate surface area is 126 Å². The number of alkyl halides is 1. The third-order valence-corrected chi connectivity index (χ3v) is 6.08. The summed E-state index contributed by atoms with van der Waals surface area (Å²) < 4.78 is 0. The summed E-state index contributed by atoms with van der Waals surface area (Å²) in [5, 5.41) is 3.24. The third kappa shape index (κ3) is 4.21. The Morgan fingerprint density at radius 2 is 1.84 bits per heavy atom. The van der Waals surface area contributed by atoms with Gasteiger partial charge in [0.2, 0.25) is 5.91 Å². The highest BCUT2D eigenvalue weighted by Crippen LogP contribution is 2.40.